The number of thiocarbonyl (C=S) groups is 1. The molecule has 0 heterocycles. The summed E-state index contributed by atoms with van der Waals surface area (Å²) in [5.41, 5.74) is 3.96. The van der Waals surface area contributed by atoms with Gasteiger partial charge in [-0.15, -0.1) is 0 Å². The second kappa shape index (κ2) is 7.45. The molecule has 1 aliphatic rings. The Hall–Kier alpha value is -2.40. The number of anilines is 1. The molecule has 0 bridgehead atoms. The first-order valence-corrected chi connectivity index (χ1v) is 8.42. The van der Waals surface area contributed by atoms with Gasteiger partial charge >= 0.3 is 5.97 Å². The summed E-state index contributed by atoms with van der Waals surface area (Å²) in [5, 5.41) is 7.10. The third kappa shape index (κ3) is 3.74. The van der Waals surface area contributed by atoms with E-state index in [1.54, 1.807) is 18.2 Å². The fourth-order valence-corrected chi connectivity index (χ4v) is 3.33. The quantitative estimate of drug-likeness (QED) is 0.657. The predicted octanol–water partition coefficient (Wildman–Crippen LogP) is 3.84. The van der Waals surface area contributed by atoms with E-state index in [1.807, 2.05) is 6.07 Å². The number of benzene rings is 2. The Morgan fingerprint density at radius 2 is 2.04 bits per heavy atom. The van der Waals surface area contributed by atoms with E-state index in [0.717, 1.165) is 24.9 Å². The average Bonchev–Trinajstić information content (AvgIpc) is 2.61. The zero-order valence-electron chi connectivity index (χ0n) is 13.5. The van der Waals surface area contributed by atoms with Crippen molar-refractivity contribution in [3.63, 3.8) is 0 Å². The summed E-state index contributed by atoms with van der Waals surface area (Å²) in [5.74, 6) is -0.362. The molecule has 0 radical (unpaired) electrons. The van der Waals surface area contributed by atoms with E-state index >= 15 is 0 Å². The van der Waals surface area contributed by atoms with E-state index in [4.69, 9.17) is 17.0 Å². The predicted molar refractivity (Wildman–Crippen MR) is 99.3 cm³/mol. The van der Waals surface area contributed by atoms with Gasteiger partial charge in [-0.1, -0.05) is 30.3 Å². The van der Waals surface area contributed by atoms with Crippen molar-refractivity contribution in [2.45, 2.75) is 25.3 Å². The van der Waals surface area contributed by atoms with Crippen molar-refractivity contribution in [2.75, 3.05) is 12.4 Å². The van der Waals surface area contributed by atoms with Gasteiger partial charge in [-0.2, -0.15) is 0 Å². The minimum Gasteiger partial charge on any atom is -0.465 e. The molecule has 2 aromatic rings. The highest BCUT2D eigenvalue weighted by Crippen LogP contribution is 2.29. The molecule has 0 spiro atoms. The summed E-state index contributed by atoms with van der Waals surface area (Å²) in [7, 11) is 1.37. The number of rotatable bonds is 3. The van der Waals surface area contributed by atoms with Crippen LogP contribution in [0.25, 0.3) is 0 Å². The molecule has 3 rings (SSSR count). The molecule has 1 aliphatic carbocycles. The van der Waals surface area contributed by atoms with Crippen molar-refractivity contribution in [2.24, 2.45) is 0 Å². The number of methoxy groups -OCH3 is 1. The number of carbonyl (C=O) groups is 1. The first-order valence-electron chi connectivity index (χ1n) is 8.01. The van der Waals surface area contributed by atoms with Crippen molar-refractivity contribution in [3.8, 4) is 0 Å². The number of hydrogen-bond donors (Lipinski definition) is 2. The molecule has 0 saturated carbocycles. The van der Waals surface area contributed by atoms with Crippen molar-refractivity contribution >= 4 is 29.0 Å². The van der Waals surface area contributed by atoms with E-state index in [2.05, 4.69) is 34.9 Å². The average molecular weight is 340 g/mol. The Bertz CT molecular complexity index is 761. The normalized spacial score (nSPS) is 16.0. The number of aryl methyl sites for hydroxylation is 1. The fraction of sp³-hybridized carbons (Fsp3) is 0.263. The molecule has 2 aromatic carbocycles. The molecule has 0 amide bonds. The highest BCUT2D eigenvalue weighted by molar-refractivity contribution is 7.80. The second-order valence-electron chi connectivity index (χ2n) is 5.81. The van der Waals surface area contributed by atoms with Crippen LogP contribution in [0.3, 0.4) is 0 Å². The van der Waals surface area contributed by atoms with Crippen LogP contribution in [0, 0.1) is 0 Å². The SMILES string of the molecule is COC(=O)c1cccc(NC(=S)N[C@@H]2CCCc3ccccc32)c1. The molecule has 0 fully saturated rings. The van der Waals surface area contributed by atoms with E-state index < -0.39 is 0 Å². The van der Waals surface area contributed by atoms with Crippen LogP contribution < -0.4 is 10.6 Å². The van der Waals surface area contributed by atoms with Crippen molar-refractivity contribution in [3.05, 3.63) is 65.2 Å². The van der Waals surface area contributed by atoms with Gasteiger partial charge < -0.3 is 15.4 Å². The Morgan fingerprint density at radius 1 is 1.21 bits per heavy atom. The summed E-state index contributed by atoms with van der Waals surface area (Å²) in [6.07, 6.45) is 3.33. The third-order valence-corrected chi connectivity index (χ3v) is 4.44. The molecule has 24 heavy (non-hydrogen) atoms. The van der Waals surface area contributed by atoms with Gasteiger partial charge in [0.2, 0.25) is 0 Å². The maximum atomic E-state index is 11.6. The van der Waals surface area contributed by atoms with Crippen LogP contribution in [0.2, 0.25) is 0 Å². The van der Waals surface area contributed by atoms with Gasteiger partial charge in [0.25, 0.3) is 0 Å². The van der Waals surface area contributed by atoms with Gasteiger partial charge in [0.15, 0.2) is 5.11 Å². The van der Waals surface area contributed by atoms with Crippen LogP contribution in [0.5, 0.6) is 0 Å². The highest BCUT2D eigenvalue weighted by Gasteiger charge is 2.20. The second-order valence-corrected chi connectivity index (χ2v) is 6.22. The van der Waals surface area contributed by atoms with E-state index in [1.165, 1.54) is 18.2 Å². The Labute approximate surface area is 147 Å². The van der Waals surface area contributed by atoms with Crippen molar-refractivity contribution in [1.29, 1.82) is 0 Å². The zero-order chi connectivity index (χ0) is 16.9. The minimum absolute atomic E-state index is 0.221. The lowest BCUT2D eigenvalue weighted by Crippen LogP contribution is -2.34. The minimum atomic E-state index is -0.362. The Kier molecular flexibility index (Phi) is 5.11. The standard InChI is InChI=1S/C19H20N2O2S/c1-23-18(22)14-8-4-9-15(12-14)20-19(24)21-17-11-5-7-13-6-2-3-10-16(13)17/h2-4,6,8-10,12,17H,5,7,11H2,1H3,(H2,20,21,24)/t17-/m1/s1. The molecule has 0 unspecified atom stereocenters. The Balaban J connectivity index is 1.68. The van der Waals surface area contributed by atoms with Gasteiger partial charge in [0, 0.05) is 5.69 Å². The molecule has 0 saturated heterocycles. The summed E-state index contributed by atoms with van der Waals surface area (Å²) in [4.78, 5) is 11.6. The van der Waals surface area contributed by atoms with Gasteiger partial charge in [0.1, 0.15) is 0 Å². The lowest BCUT2D eigenvalue weighted by molar-refractivity contribution is 0.0601. The largest absolute Gasteiger partial charge is 0.465 e. The van der Waals surface area contributed by atoms with E-state index in [9.17, 15) is 4.79 Å². The molecule has 0 aromatic heterocycles. The smallest absolute Gasteiger partial charge is 0.337 e. The molecule has 1 atom stereocenters. The van der Waals surface area contributed by atoms with Gasteiger partial charge in [0.05, 0.1) is 18.7 Å². The maximum absolute atomic E-state index is 11.6. The summed E-state index contributed by atoms with van der Waals surface area (Å²) < 4.78 is 4.74. The van der Waals surface area contributed by atoms with Crippen LogP contribution in [0.15, 0.2) is 48.5 Å². The zero-order valence-corrected chi connectivity index (χ0v) is 14.4. The maximum Gasteiger partial charge on any atom is 0.337 e. The van der Waals surface area contributed by atoms with Crippen molar-refractivity contribution in [1.82, 2.24) is 5.32 Å². The number of nitrogens with one attached hydrogen (secondary N) is 2. The van der Waals surface area contributed by atoms with E-state index in [-0.39, 0.29) is 12.0 Å². The molecule has 0 aliphatic heterocycles. The number of fused-ring (bicyclic) bond motifs is 1. The molecule has 124 valence electrons. The number of ether oxygens (including phenoxy) is 1. The summed E-state index contributed by atoms with van der Waals surface area (Å²) >= 11 is 5.44. The van der Waals surface area contributed by atoms with Crippen LogP contribution in [-0.4, -0.2) is 18.2 Å². The van der Waals surface area contributed by atoms with Crippen LogP contribution in [-0.2, 0) is 11.2 Å². The van der Waals surface area contributed by atoms with Crippen LogP contribution >= 0.6 is 12.2 Å². The third-order valence-electron chi connectivity index (χ3n) is 4.22. The highest BCUT2D eigenvalue weighted by atomic mass is 32.1. The monoisotopic (exact) mass is 340 g/mol. The first kappa shape index (κ1) is 16.5. The molecular formula is C19H20N2O2S. The number of esters is 1. The molecule has 2 N–H and O–H groups in total. The first-order chi connectivity index (χ1) is 11.7. The topological polar surface area (TPSA) is 50.4 Å². The fourth-order valence-electron chi connectivity index (χ4n) is 3.07. The van der Waals surface area contributed by atoms with E-state index in [0.29, 0.717) is 10.7 Å². The van der Waals surface area contributed by atoms with Gasteiger partial charge in [-0.25, -0.2) is 4.79 Å². The number of hydrogen-bond acceptors (Lipinski definition) is 3. The molecule has 4 nitrogen and oxygen atoms in total. The number of carbonyl (C=O) groups excluding carboxylic acids is 1. The summed E-state index contributed by atoms with van der Waals surface area (Å²) in [6, 6.07) is 15.8. The lowest BCUT2D eigenvalue weighted by Gasteiger charge is -2.27. The van der Waals surface area contributed by atoms with Gasteiger partial charge in [-0.3, -0.25) is 0 Å². The Morgan fingerprint density at radius 3 is 2.88 bits per heavy atom. The van der Waals surface area contributed by atoms with Crippen molar-refractivity contribution < 1.29 is 9.53 Å². The van der Waals surface area contributed by atoms with Crippen LogP contribution in [0.1, 0.15) is 40.4 Å². The molecule has 5 heteroatoms. The van der Waals surface area contributed by atoms with Crippen LogP contribution in [0.4, 0.5) is 5.69 Å². The summed E-state index contributed by atoms with van der Waals surface area (Å²) in [6.45, 7) is 0. The van der Waals surface area contributed by atoms with Gasteiger partial charge in [-0.05, 0) is 60.8 Å². The molecular weight excluding hydrogens is 320 g/mol. The lowest BCUT2D eigenvalue weighted by atomic mass is 9.88.